The zero-order valence-corrected chi connectivity index (χ0v) is 32.8. The number of benzene rings is 4. The van der Waals surface area contributed by atoms with E-state index in [-0.39, 0.29) is 72.6 Å². The average molecular weight is 782 g/mol. The predicted molar refractivity (Wildman–Crippen MR) is 187 cm³/mol. The molecule has 5 rings (SSSR count). The minimum atomic E-state index is -2.79. The van der Waals surface area contributed by atoms with Gasteiger partial charge in [-0.05, 0) is 49.8 Å². The summed E-state index contributed by atoms with van der Waals surface area (Å²) >= 11 is 0. The molecule has 0 saturated heterocycles. The molecule has 0 N–H and O–H groups in total. The van der Waals surface area contributed by atoms with Crippen LogP contribution in [-0.4, -0.2) is 13.8 Å². The van der Waals surface area contributed by atoms with Crippen LogP contribution in [0.4, 0.5) is 0 Å². The number of halogens is 2. The van der Waals surface area contributed by atoms with Gasteiger partial charge in [0.1, 0.15) is 0 Å². The van der Waals surface area contributed by atoms with Crippen LogP contribution in [0.25, 0.3) is 16.1 Å². The normalized spacial score (nSPS) is 13.3. The fourth-order valence-electron chi connectivity index (χ4n) is 6.25. The first kappa shape index (κ1) is 36.7. The third-order valence-corrected chi connectivity index (χ3v) is 13.0. The molecule has 0 bridgehead atoms. The van der Waals surface area contributed by atoms with E-state index in [4.69, 9.17) is 4.98 Å². The summed E-state index contributed by atoms with van der Waals surface area (Å²) in [6.45, 7) is 20.7. The van der Waals surface area contributed by atoms with E-state index in [1.165, 1.54) is 43.8 Å². The number of rotatable bonds is 4. The van der Waals surface area contributed by atoms with Gasteiger partial charge in [0.2, 0.25) is 0 Å². The van der Waals surface area contributed by atoms with Crippen molar-refractivity contribution in [2.24, 2.45) is 0 Å². The fourth-order valence-corrected chi connectivity index (χ4v) is 11.5. The summed E-state index contributed by atoms with van der Waals surface area (Å²) in [4.78, 5) is 5.98. The molecular weight excluding hydrogens is 736 g/mol. The molecule has 0 radical (unpaired) electrons. The van der Waals surface area contributed by atoms with Gasteiger partial charge in [0, 0.05) is 34.1 Å². The maximum absolute atomic E-state index is 5.98. The monoisotopic (exact) mass is 782 g/mol. The van der Waals surface area contributed by atoms with Crippen molar-refractivity contribution in [2.75, 3.05) is 0 Å². The third-order valence-electron chi connectivity index (χ3n) is 8.10. The van der Waals surface area contributed by atoms with Gasteiger partial charge in [-0.2, -0.15) is 0 Å². The van der Waals surface area contributed by atoms with E-state index in [1.54, 1.807) is 0 Å². The zero-order chi connectivity index (χ0) is 28.2. The largest absolute Gasteiger partial charge is 0.651 e. The van der Waals surface area contributed by atoms with Crippen LogP contribution in [0.15, 0.2) is 97.1 Å². The average Bonchev–Trinajstić information content (AvgIpc) is 3.20. The quantitative estimate of drug-likeness (QED) is 0.183. The summed E-state index contributed by atoms with van der Waals surface area (Å²) in [5, 5.41) is 2.74. The Morgan fingerprint density at radius 1 is 0.524 bits per heavy atom. The first-order valence-corrected chi connectivity index (χ1v) is 16.4. The van der Waals surface area contributed by atoms with Crippen LogP contribution in [0.5, 0.6) is 0 Å². The minimum Gasteiger partial charge on any atom is -0.651 e. The van der Waals surface area contributed by atoms with E-state index < -0.39 is 8.24 Å². The Hall–Kier alpha value is -1.49. The molecule has 0 fully saturated rings. The van der Waals surface area contributed by atoms with Crippen molar-refractivity contribution in [1.82, 2.24) is 0 Å². The molecule has 5 heteroatoms. The Labute approximate surface area is 287 Å². The Bertz CT molecular complexity index is 1380. The van der Waals surface area contributed by atoms with Crippen LogP contribution in [0, 0.1) is 0 Å². The van der Waals surface area contributed by atoms with Crippen molar-refractivity contribution >= 4 is 43.4 Å². The molecule has 4 aromatic rings. The molecular formula is C37H46Cl2HfNSi-. The van der Waals surface area contributed by atoms with Gasteiger partial charge in [-0.3, -0.25) is 0 Å². The Kier molecular flexibility index (Phi) is 11.6. The van der Waals surface area contributed by atoms with Gasteiger partial charge in [0.25, 0.3) is 0 Å². The second-order valence-electron chi connectivity index (χ2n) is 14.3. The molecule has 4 aromatic carbocycles. The van der Waals surface area contributed by atoms with E-state index in [2.05, 4.69) is 159 Å². The van der Waals surface area contributed by atoms with Gasteiger partial charge < -0.3 is 4.98 Å². The number of nitrogens with zero attached hydrogens (tertiary/aromatic N) is 1. The molecule has 0 unspecified atom stereocenters. The van der Waals surface area contributed by atoms with E-state index in [0.29, 0.717) is 0 Å². The number of fused-ring (bicyclic) bond motifs is 3. The molecule has 0 aliphatic heterocycles. The summed E-state index contributed by atoms with van der Waals surface area (Å²) in [5.74, 6) is 0. The van der Waals surface area contributed by atoms with Crippen molar-refractivity contribution < 1.29 is 25.8 Å². The molecule has 222 valence electrons. The second kappa shape index (κ2) is 13.2. The number of hydrogen-bond donors (Lipinski definition) is 0. The smallest absolute Gasteiger partial charge is 0.0265 e. The molecule has 1 nitrogen and oxygen atoms in total. The molecule has 0 saturated carbocycles. The van der Waals surface area contributed by atoms with Gasteiger partial charge in [0.15, 0.2) is 0 Å². The summed E-state index contributed by atoms with van der Waals surface area (Å²) < 4.78 is 0. The Morgan fingerprint density at radius 2 is 0.881 bits per heavy atom. The van der Waals surface area contributed by atoms with Gasteiger partial charge in [-0.15, -0.1) is 30.4 Å². The topological polar surface area (TPSA) is 14.1 Å². The fraction of sp³-hybridized carbons (Fsp3) is 0.351. The summed E-state index contributed by atoms with van der Waals surface area (Å²) in [6.07, 6.45) is 0. The van der Waals surface area contributed by atoms with Gasteiger partial charge >= 0.3 is 0 Å². The Balaban J connectivity index is 0.00000205. The van der Waals surface area contributed by atoms with E-state index in [1.807, 2.05) is 0 Å². The van der Waals surface area contributed by atoms with Crippen molar-refractivity contribution in [3.63, 3.8) is 0 Å². The molecule has 0 atom stereocenters. The molecule has 1 aliphatic rings. The maximum atomic E-state index is 5.98. The maximum Gasteiger partial charge on any atom is 0.0265 e. The van der Waals surface area contributed by atoms with Crippen molar-refractivity contribution in [3.05, 3.63) is 124 Å². The Morgan fingerprint density at radius 3 is 1.19 bits per heavy atom. The van der Waals surface area contributed by atoms with Crippen LogP contribution in [0.3, 0.4) is 0 Å². The zero-order valence-electron chi connectivity index (χ0n) is 26.6. The van der Waals surface area contributed by atoms with Crippen LogP contribution < -0.4 is 10.4 Å². The van der Waals surface area contributed by atoms with Crippen LogP contribution in [0.1, 0.15) is 90.1 Å². The molecule has 0 aromatic heterocycles. The van der Waals surface area contributed by atoms with Crippen molar-refractivity contribution in [2.45, 2.75) is 84.2 Å². The standard InChI is InChI=1S/C37H44NSi.2ClH.Hf/c1-35(2,3)26-20-22-30-31-23-21-27(36(4,5)6)25-33(31)34(32(30)24-26)39(38-37(7,8)9,28-16-12-10-13-17-28)29-18-14-11-15-19-29;;;/h10-25,34H,1-9H3;2*1H;/q-1;;;. The first-order valence-electron chi connectivity index (χ1n) is 14.4. The molecule has 0 spiro atoms. The first-order chi connectivity index (χ1) is 18.2. The third kappa shape index (κ3) is 6.92. The van der Waals surface area contributed by atoms with Crippen LogP contribution in [0.2, 0.25) is 0 Å². The summed E-state index contributed by atoms with van der Waals surface area (Å²) in [7, 11) is -2.79. The van der Waals surface area contributed by atoms with Crippen molar-refractivity contribution in [3.8, 4) is 11.1 Å². The van der Waals surface area contributed by atoms with Crippen LogP contribution >= 0.6 is 24.8 Å². The second-order valence-corrected chi connectivity index (χ2v) is 17.8. The van der Waals surface area contributed by atoms with Gasteiger partial charge in [-0.25, -0.2) is 0 Å². The van der Waals surface area contributed by atoms with E-state index >= 15 is 0 Å². The summed E-state index contributed by atoms with van der Waals surface area (Å²) in [6, 6.07) is 36.9. The summed E-state index contributed by atoms with van der Waals surface area (Å²) in [5.41, 5.74) is 8.50. The molecule has 0 amide bonds. The van der Waals surface area contributed by atoms with Crippen molar-refractivity contribution in [1.29, 1.82) is 0 Å². The van der Waals surface area contributed by atoms with Gasteiger partial charge in [-0.1, -0.05) is 170 Å². The predicted octanol–water partition coefficient (Wildman–Crippen LogP) is 9.71. The van der Waals surface area contributed by atoms with Gasteiger partial charge in [0.05, 0.1) is 0 Å². The SMILES string of the molecule is CC(C)(C)[N-][Si](c1ccccc1)(c1ccccc1)C1c2cc(C(C)(C)C)ccc2-c2ccc(C(C)(C)C)cc21.Cl.Cl.[Hf]. The molecule has 0 heterocycles. The molecule has 1 aliphatic carbocycles. The van der Waals surface area contributed by atoms with Crippen LogP contribution in [-0.2, 0) is 36.7 Å². The molecule has 42 heavy (non-hydrogen) atoms. The number of hydrogen-bond acceptors (Lipinski definition) is 0. The van der Waals surface area contributed by atoms with E-state index in [9.17, 15) is 0 Å². The van der Waals surface area contributed by atoms with E-state index in [0.717, 1.165) is 0 Å². The minimum absolute atomic E-state index is 0.